The maximum absolute atomic E-state index is 12.9. The molecule has 154 valence electrons. The molecule has 1 aliphatic heterocycles. The zero-order valence-electron chi connectivity index (χ0n) is 15.8. The van der Waals surface area contributed by atoms with E-state index in [1.54, 1.807) is 18.2 Å². The van der Waals surface area contributed by atoms with Crippen LogP contribution in [0.1, 0.15) is 18.9 Å². The molecule has 0 aliphatic carbocycles. The fourth-order valence-electron chi connectivity index (χ4n) is 2.91. The number of sulfone groups is 1. The van der Waals surface area contributed by atoms with Gasteiger partial charge in [0.1, 0.15) is 0 Å². The van der Waals surface area contributed by atoms with Crippen LogP contribution in [0.2, 0.25) is 5.02 Å². The molecule has 0 aromatic heterocycles. The van der Waals surface area contributed by atoms with Crippen LogP contribution < -0.4 is 10.6 Å². The Morgan fingerprint density at radius 2 is 1.97 bits per heavy atom. The van der Waals surface area contributed by atoms with Crippen LogP contribution >= 0.6 is 23.4 Å². The second-order valence-corrected chi connectivity index (χ2v) is 10.6. The van der Waals surface area contributed by atoms with E-state index in [0.29, 0.717) is 29.4 Å². The molecule has 0 radical (unpaired) electrons. The normalized spacial score (nSPS) is 14.6. The van der Waals surface area contributed by atoms with Crippen molar-refractivity contribution in [1.82, 2.24) is 5.32 Å². The second-order valence-electron chi connectivity index (χ2n) is 6.78. The van der Waals surface area contributed by atoms with Crippen molar-refractivity contribution < 1.29 is 18.0 Å². The molecule has 2 aromatic rings. The molecule has 2 amide bonds. The summed E-state index contributed by atoms with van der Waals surface area (Å²) in [5.41, 5.74) is 1.52. The Bertz CT molecular complexity index is 1020. The standard InChI is InChI=1S/C20H21ClN2O4S2/c1-13(10-19(24)22-9-8-14-2-4-15(21)5-3-14)29(26,27)16-6-7-18-17(11-16)23-20(25)12-28-18/h2-7,11,13H,8-10,12H2,1H3,(H,22,24)(H,23,25). The number of carbonyl (C=O) groups is 2. The monoisotopic (exact) mass is 452 g/mol. The first kappa shape index (κ1) is 21.7. The number of anilines is 1. The number of rotatable bonds is 7. The Balaban J connectivity index is 1.58. The highest BCUT2D eigenvalue weighted by molar-refractivity contribution is 8.00. The summed E-state index contributed by atoms with van der Waals surface area (Å²) >= 11 is 7.21. The Morgan fingerprint density at radius 1 is 1.24 bits per heavy atom. The molecule has 2 N–H and O–H groups in total. The van der Waals surface area contributed by atoms with Gasteiger partial charge in [-0.25, -0.2) is 8.42 Å². The van der Waals surface area contributed by atoms with Crippen LogP contribution in [-0.4, -0.2) is 37.8 Å². The molecule has 3 rings (SSSR count). The van der Waals surface area contributed by atoms with Gasteiger partial charge in [0.15, 0.2) is 9.84 Å². The van der Waals surface area contributed by atoms with Gasteiger partial charge in [-0.15, -0.1) is 11.8 Å². The summed E-state index contributed by atoms with van der Waals surface area (Å²) in [6.45, 7) is 1.93. The fraction of sp³-hybridized carbons (Fsp3) is 0.300. The predicted molar refractivity (Wildman–Crippen MR) is 115 cm³/mol. The molecule has 29 heavy (non-hydrogen) atoms. The highest BCUT2D eigenvalue weighted by atomic mass is 35.5. The Hall–Kier alpha value is -2.03. The minimum Gasteiger partial charge on any atom is -0.356 e. The molecule has 0 saturated heterocycles. The van der Waals surface area contributed by atoms with Crippen LogP contribution in [0, 0.1) is 0 Å². The van der Waals surface area contributed by atoms with E-state index in [4.69, 9.17) is 11.6 Å². The lowest BCUT2D eigenvalue weighted by atomic mass is 10.1. The van der Waals surface area contributed by atoms with Crippen molar-refractivity contribution in [2.24, 2.45) is 0 Å². The molecule has 0 saturated carbocycles. The first-order valence-electron chi connectivity index (χ1n) is 9.07. The zero-order valence-corrected chi connectivity index (χ0v) is 18.2. The maximum Gasteiger partial charge on any atom is 0.234 e. The summed E-state index contributed by atoms with van der Waals surface area (Å²) in [4.78, 5) is 24.7. The van der Waals surface area contributed by atoms with E-state index in [2.05, 4.69) is 10.6 Å². The molecule has 9 heteroatoms. The maximum atomic E-state index is 12.9. The van der Waals surface area contributed by atoms with Crippen LogP contribution in [0.3, 0.4) is 0 Å². The van der Waals surface area contributed by atoms with Crippen LogP contribution in [0.25, 0.3) is 0 Å². The molecule has 2 aromatic carbocycles. The third-order valence-electron chi connectivity index (χ3n) is 4.56. The third-order valence-corrected chi connectivity index (χ3v) is 8.03. The van der Waals surface area contributed by atoms with Crippen molar-refractivity contribution in [1.29, 1.82) is 0 Å². The van der Waals surface area contributed by atoms with Crippen molar-refractivity contribution >= 4 is 50.7 Å². The quantitative estimate of drug-likeness (QED) is 0.672. The third kappa shape index (κ3) is 5.52. The molecule has 1 atom stereocenters. The topological polar surface area (TPSA) is 92.3 Å². The fourth-order valence-corrected chi connectivity index (χ4v) is 5.20. The van der Waals surface area contributed by atoms with Crippen LogP contribution in [-0.2, 0) is 25.8 Å². The number of hydrogen-bond acceptors (Lipinski definition) is 5. The highest BCUT2D eigenvalue weighted by Crippen LogP contribution is 2.34. The van der Waals surface area contributed by atoms with Crippen LogP contribution in [0.5, 0.6) is 0 Å². The Labute approximate surface area is 179 Å². The van der Waals surface area contributed by atoms with Gasteiger partial charge in [-0.05, 0) is 49.2 Å². The summed E-state index contributed by atoms with van der Waals surface area (Å²) in [5, 5.41) is 5.21. The van der Waals surface area contributed by atoms with Crippen molar-refractivity contribution in [3.05, 3.63) is 53.1 Å². The van der Waals surface area contributed by atoms with E-state index in [0.717, 1.165) is 10.5 Å². The second kappa shape index (κ2) is 9.19. The van der Waals surface area contributed by atoms with E-state index >= 15 is 0 Å². The Morgan fingerprint density at radius 3 is 2.69 bits per heavy atom. The highest BCUT2D eigenvalue weighted by Gasteiger charge is 2.27. The lowest BCUT2D eigenvalue weighted by Gasteiger charge is -2.18. The average molecular weight is 453 g/mol. The van der Waals surface area contributed by atoms with E-state index in [1.165, 1.54) is 30.8 Å². The van der Waals surface area contributed by atoms with Gasteiger partial charge >= 0.3 is 0 Å². The van der Waals surface area contributed by atoms with E-state index < -0.39 is 15.1 Å². The molecule has 1 unspecified atom stereocenters. The van der Waals surface area contributed by atoms with Crippen LogP contribution in [0.15, 0.2) is 52.3 Å². The molecule has 1 heterocycles. The van der Waals surface area contributed by atoms with Gasteiger partial charge in [0.05, 0.1) is 21.6 Å². The van der Waals surface area contributed by atoms with E-state index in [-0.39, 0.29) is 23.1 Å². The lowest BCUT2D eigenvalue weighted by molar-refractivity contribution is -0.121. The van der Waals surface area contributed by atoms with Crippen molar-refractivity contribution in [2.45, 2.75) is 34.8 Å². The summed E-state index contributed by atoms with van der Waals surface area (Å²) in [5.74, 6) is -0.173. The minimum atomic E-state index is -3.70. The van der Waals surface area contributed by atoms with Gasteiger partial charge < -0.3 is 10.6 Å². The van der Waals surface area contributed by atoms with Gasteiger partial charge in [-0.1, -0.05) is 23.7 Å². The summed E-state index contributed by atoms with van der Waals surface area (Å²) in [6.07, 6.45) is 0.493. The number of fused-ring (bicyclic) bond motifs is 1. The minimum absolute atomic E-state index is 0.0977. The predicted octanol–water partition coefficient (Wildman–Crippen LogP) is 3.30. The largest absolute Gasteiger partial charge is 0.356 e. The SMILES string of the molecule is CC(CC(=O)NCCc1ccc(Cl)cc1)S(=O)(=O)c1ccc2c(c1)NC(=O)CS2. The first-order valence-corrected chi connectivity index (χ1v) is 12.0. The number of hydrogen-bond donors (Lipinski definition) is 2. The number of benzene rings is 2. The zero-order chi connectivity index (χ0) is 21.0. The van der Waals surface area contributed by atoms with Gasteiger partial charge in [-0.2, -0.15) is 0 Å². The molecule has 0 fully saturated rings. The van der Waals surface area contributed by atoms with Crippen molar-refractivity contribution in [3.63, 3.8) is 0 Å². The summed E-state index contributed by atoms with van der Waals surface area (Å²) in [7, 11) is -3.70. The summed E-state index contributed by atoms with van der Waals surface area (Å²) in [6, 6.07) is 12.0. The lowest BCUT2D eigenvalue weighted by Crippen LogP contribution is -2.31. The number of carbonyl (C=O) groups excluding carboxylic acids is 2. The van der Waals surface area contributed by atoms with Gasteiger partial charge in [0.2, 0.25) is 11.8 Å². The smallest absolute Gasteiger partial charge is 0.234 e. The van der Waals surface area contributed by atoms with Crippen molar-refractivity contribution in [2.75, 3.05) is 17.6 Å². The molecule has 6 nitrogen and oxygen atoms in total. The summed E-state index contributed by atoms with van der Waals surface area (Å²) < 4.78 is 25.7. The first-order chi connectivity index (χ1) is 13.8. The van der Waals surface area contributed by atoms with Crippen LogP contribution in [0.4, 0.5) is 5.69 Å². The molecule has 1 aliphatic rings. The molecule has 0 spiro atoms. The molecular formula is C20H21ClN2O4S2. The number of halogens is 1. The Kier molecular flexibility index (Phi) is 6.87. The number of nitrogens with one attached hydrogen (secondary N) is 2. The average Bonchev–Trinajstić information content (AvgIpc) is 2.68. The van der Waals surface area contributed by atoms with Crippen molar-refractivity contribution in [3.8, 4) is 0 Å². The van der Waals surface area contributed by atoms with Gasteiger partial charge in [-0.3, -0.25) is 9.59 Å². The molecule has 0 bridgehead atoms. The molecular weight excluding hydrogens is 432 g/mol. The van der Waals surface area contributed by atoms with Gasteiger partial charge in [0.25, 0.3) is 0 Å². The number of amides is 2. The number of thioether (sulfide) groups is 1. The van der Waals surface area contributed by atoms with E-state index in [9.17, 15) is 18.0 Å². The van der Waals surface area contributed by atoms with E-state index in [1.807, 2.05) is 12.1 Å². The van der Waals surface area contributed by atoms with Gasteiger partial charge in [0, 0.05) is 22.9 Å².